The fourth-order valence-electron chi connectivity index (χ4n) is 1.11. The molecule has 0 unspecified atom stereocenters. The summed E-state index contributed by atoms with van der Waals surface area (Å²) in [7, 11) is 0. The highest BCUT2D eigenvalue weighted by Gasteiger charge is 2.04. The molecule has 2 aromatic rings. The van der Waals surface area contributed by atoms with E-state index in [0.29, 0.717) is 0 Å². The molecule has 66 valence electrons. The maximum atomic E-state index is 9.10. The number of aromatic hydroxyl groups is 1. The van der Waals surface area contributed by atoms with E-state index in [2.05, 4.69) is 9.59 Å². The van der Waals surface area contributed by atoms with Gasteiger partial charge in [-0.25, -0.2) is 0 Å². The molecule has 4 heteroatoms. The molecule has 0 atom stereocenters. The largest absolute Gasteiger partial charge is 0.508 e. The number of hydrogen-bond donors (Lipinski definition) is 1. The lowest BCUT2D eigenvalue weighted by Gasteiger charge is -1.96. The van der Waals surface area contributed by atoms with Crippen molar-refractivity contribution >= 4 is 11.5 Å². The lowest BCUT2D eigenvalue weighted by atomic mass is 10.1. The van der Waals surface area contributed by atoms with Gasteiger partial charge in [0.15, 0.2) is 0 Å². The predicted molar refractivity (Wildman–Crippen MR) is 51.7 cm³/mol. The summed E-state index contributed by atoms with van der Waals surface area (Å²) in [5.74, 6) is 0.277. The van der Waals surface area contributed by atoms with Crippen LogP contribution in [0.4, 0.5) is 0 Å². The third-order valence-electron chi connectivity index (χ3n) is 1.78. The third-order valence-corrected chi connectivity index (χ3v) is 2.66. The monoisotopic (exact) mass is 192 g/mol. The Hall–Kier alpha value is -1.42. The van der Waals surface area contributed by atoms with Gasteiger partial charge in [-0.3, -0.25) is 0 Å². The molecule has 1 aromatic heterocycles. The van der Waals surface area contributed by atoms with E-state index in [0.717, 1.165) is 16.1 Å². The van der Waals surface area contributed by atoms with E-state index in [1.807, 2.05) is 19.1 Å². The molecule has 0 aliphatic carbocycles. The van der Waals surface area contributed by atoms with Crippen LogP contribution in [-0.4, -0.2) is 14.7 Å². The SMILES string of the molecule is Cc1nnsc1-c1ccc(O)cc1. The first kappa shape index (κ1) is 8.19. The van der Waals surface area contributed by atoms with E-state index >= 15 is 0 Å². The molecule has 0 saturated heterocycles. The summed E-state index contributed by atoms with van der Waals surface area (Å²) in [6.45, 7) is 1.92. The molecular formula is C9H8N2OS. The Morgan fingerprint density at radius 1 is 1.23 bits per heavy atom. The summed E-state index contributed by atoms with van der Waals surface area (Å²) in [5.41, 5.74) is 1.97. The lowest BCUT2D eigenvalue weighted by Crippen LogP contribution is -1.76. The van der Waals surface area contributed by atoms with Crippen molar-refractivity contribution in [1.82, 2.24) is 9.59 Å². The maximum absolute atomic E-state index is 9.10. The smallest absolute Gasteiger partial charge is 0.115 e. The topological polar surface area (TPSA) is 46.0 Å². The Morgan fingerprint density at radius 2 is 1.92 bits per heavy atom. The van der Waals surface area contributed by atoms with Gasteiger partial charge in [0.05, 0.1) is 10.6 Å². The second kappa shape index (κ2) is 3.14. The minimum atomic E-state index is 0.277. The molecule has 2 rings (SSSR count). The maximum Gasteiger partial charge on any atom is 0.115 e. The first-order chi connectivity index (χ1) is 6.27. The predicted octanol–water partition coefficient (Wildman–Crippen LogP) is 2.22. The molecular weight excluding hydrogens is 184 g/mol. The van der Waals surface area contributed by atoms with Crippen molar-refractivity contribution in [2.75, 3.05) is 0 Å². The molecule has 1 N–H and O–H groups in total. The summed E-state index contributed by atoms with van der Waals surface area (Å²) in [4.78, 5) is 1.06. The van der Waals surface area contributed by atoms with Crippen molar-refractivity contribution in [1.29, 1.82) is 0 Å². The quantitative estimate of drug-likeness (QED) is 0.753. The van der Waals surface area contributed by atoms with Gasteiger partial charge in [0.25, 0.3) is 0 Å². The van der Waals surface area contributed by atoms with Crippen LogP contribution in [0, 0.1) is 6.92 Å². The van der Waals surface area contributed by atoms with E-state index in [-0.39, 0.29) is 5.75 Å². The average Bonchev–Trinajstić information content (AvgIpc) is 2.53. The van der Waals surface area contributed by atoms with Gasteiger partial charge < -0.3 is 5.11 Å². The van der Waals surface area contributed by atoms with Crippen LogP contribution in [-0.2, 0) is 0 Å². The van der Waals surface area contributed by atoms with Crippen LogP contribution in [0.5, 0.6) is 5.75 Å². The van der Waals surface area contributed by atoms with Crippen molar-refractivity contribution in [2.24, 2.45) is 0 Å². The van der Waals surface area contributed by atoms with E-state index in [9.17, 15) is 0 Å². The van der Waals surface area contributed by atoms with Crippen molar-refractivity contribution in [2.45, 2.75) is 6.92 Å². The summed E-state index contributed by atoms with van der Waals surface area (Å²) in [5, 5.41) is 13.0. The number of rotatable bonds is 1. The number of aromatic nitrogens is 2. The second-order valence-electron chi connectivity index (χ2n) is 2.73. The van der Waals surface area contributed by atoms with Gasteiger partial charge in [0.1, 0.15) is 5.75 Å². The molecule has 1 aromatic carbocycles. The third kappa shape index (κ3) is 1.53. The molecule has 0 saturated carbocycles. The zero-order valence-electron chi connectivity index (χ0n) is 7.06. The highest BCUT2D eigenvalue weighted by Crippen LogP contribution is 2.26. The minimum Gasteiger partial charge on any atom is -0.508 e. The first-order valence-corrected chi connectivity index (χ1v) is 4.63. The number of hydrogen-bond acceptors (Lipinski definition) is 4. The Balaban J connectivity index is 2.47. The first-order valence-electron chi connectivity index (χ1n) is 3.86. The molecule has 0 aliphatic heterocycles. The summed E-state index contributed by atoms with van der Waals surface area (Å²) in [6, 6.07) is 7.04. The average molecular weight is 192 g/mol. The number of phenolic OH excluding ortho intramolecular Hbond substituents is 1. The van der Waals surface area contributed by atoms with Crippen LogP contribution in [0.1, 0.15) is 5.69 Å². The Labute approximate surface area is 79.8 Å². The van der Waals surface area contributed by atoms with Crippen LogP contribution in [0.15, 0.2) is 24.3 Å². The molecule has 0 fully saturated rings. The van der Waals surface area contributed by atoms with Crippen LogP contribution >= 0.6 is 11.5 Å². The van der Waals surface area contributed by atoms with Gasteiger partial charge in [-0.1, -0.05) is 4.49 Å². The Morgan fingerprint density at radius 3 is 2.46 bits per heavy atom. The van der Waals surface area contributed by atoms with E-state index in [1.165, 1.54) is 11.5 Å². The van der Waals surface area contributed by atoms with E-state index in [1.54, 1.807) is 12.1 Å². The molecule has 0 spiro atoms. The molecule has 0 aliphatic rings. The van der Waals surface area contributed by atoms with E-state index in [4.69, 9.17) is 5.11 Å². The van der Waals surface area contributed by atoms with Crippen LogP contribution < -0.4 is 0 Å². The highest BCUT2D eigenvalue weighted by molar-refractivity contribution is 7.09. The van der Waals surface area contributed by atoms with Gasteiger partial charge in [0, 0.05) is 0 Å². The van der Waals surface area contributed by atoms with Gasteiger partial charge >= 0.3 is 0 Å². The molecule has 3 nitrogen and oxygen atoms in total. The summed E-state index contributed by atoms with van der Waals surface area (Å²) >= 11 is 1.37. The fraction of sp³-hybridized carbons (Fsp3) is 0.111. The second-order valence-corrected chi connectivity index (χ2v) is 3.49. The van der Waals surface area contributed by atoms with Gasteiger partial charge in [-0.2, -0.15) is 0 Å². The fourth-order valence-corrected chi connectivity index (χ4v) is 1.77. The zero-order chi connectivity index (χ0) is 9.26. The van der Waals surface area contributed by atoms with Gasteiger partial charge in [-0.15, -0.1) is 5.10 Å². The van der Waals surface area contributed by atoms with E-state index < -0.39 is 0 Å². The van der Waals surface area contributed by atoms with Crippen LogP contribution in [0.2, 0.25) is 0 Å². The number of aryl methyl sites for hydroxylation is 1. The number of benzene rings is 1. The van der Waals surface area contributed by atoms with Gasteiger partial charge in [-0.05, 0) is 48.3 Å². The van der Waals surface area contributed by atoms with Crippen molar-refractivity contribution in [3.8, 4) is 16.2 Å². The Kier molecular flexibility index (Phi) is 1.98. The van der Waals surface area contributed by atoms with Crippen molar-refractivity contribution in [3.63, 3.8) is 0 Å². The molecule has 13 heavy (non-hydrogen) atoms. The Bertz CT molecular complexity index is 408. The molecule has 1 heterocycles. The van der Waals surface area contributed by atoms with Gasteiger partial charge in [0.2, 0.25) is 0 Å². The van der Waals surface area contributed by atoms with Crippen LogP contribution in [0.3, 0.4) is 0 Å². The molecule has 0 radical (unpaired) electrons. The zero-order valence-corrected chi connectivity index (χ0v) is 7.88. The summed E-state index contributed by atoms with van der Waals surface area (Å²) in [6.07, 6.45) is 0. The number of nitrogens with zero attached hydrogens (tertiary/aromatic N) is 2. The normalized spacial score (nSPS) is 10.2. The number of phenols is 1. The standard InChI is InChI=1S/C9H8N2OS/c1-6-9(13-11-10-6)7-2-4-8(12)5-3-7/h2-5,12H,1H3. The van der Waals surface area contributed by atoms with Crippen LogP contribution in [0.25, 0.3) is 10.4 Å². The molecule has 0 amide bonds. The minimum absolute atomic E-state index is 0.277. The van der Waals surface area contributed by atoms with Crippen molar-refractivity contribution < 1.29 is 5.11 Å². The lowest BCUT2D eigenvalue weighted by molar-refractivity contribution is 0.475. The summed E-state index contributed by atoms with van der Waals surface area (Å²) < 4.78 is 3.85. The molecule has 0 bridgehead atoms. The van der Waals surface area contributed by atoms with Crippen molar-refractivity contribution in [3.05, 3.63) is 30.0 Å². The highest BCUT2D eigenvalue weighted by atomic mass is 32.1.